The molecule has 2 aliphatic rings. The quantitative estimate of drug-likeness (QED) is 0.768. The van der Waals surface area contributed by atoms with E-state index >= 15 is 0 Å². The van der Waals surface area contributed by atoms with Gasteiger partial charge in [0.1, 0.15) is 0 Å². The Morgan fingerprint density at radius 1 is 1.26 bits per heavy atom. The third kappa shape index (κ3) is 3.06. The van der Waals surface area contributed by atoms with Crippen LogP contribution in [0.15, 0.2) is 18.2 Å². The molecule has 23 heavy (non-hydrogen) atoms. The summed E-state index contributed by atoms with van der Waals surface area (Å²) < 4.78 is 37.6. The Hall–Kier alpha value is -1.64. The molecule has 126 valence electrons. The number of ketones is 1. The zero-order valence-corrected chi connectivity index (χ0v) is 14.0. The van der Waals surface area contributed by atoms with E-state index in [1.807, 2.05) is 0 Å². The van der Waals surface area contributed by atoms with Crippen molar-refractivity contribution in [3.8, 4) is 11.5 Å². The van der Waals surface area contributed by atoms with E-state index in [0.29, 0.717) is 36.4 Å². The Morgan fingerprint density at radius 3 is 2.74 bits per heavy atom. The molecular weight excluding hydrogens is 320 g/mol. The zero-order valence-electron chi connectivity index (χ0n) is 13.2. The number of fused-ring (bicyclic) bond motifs is 1. The smallest absolute Gasteiger partial charge is 0.281 e. The van der Waals surface area contributed by atoms with Crippen molar-refractivity contribution in [2.75, 3.05) is 34.0 Å². The van der Waals surface area contributed by atoms with Crippen LogP contribution in [0.4, 0.5) is 0 Å². The van der Waals surface area contributed by atoms with Crippen LogP contribution in [0.1, 0.15) is 23.2 Å². The van der Waals surface area contributed by atoms with Gasteiger partial charge in [0.25, 0.3) is 10.2 Å². The summed E-state index contributed by atoms with van der Waals surface area (Å²) in [4.78, 5) is 12.7. The standard InChI is InChI=1S/C15H20N2O5S/c1-16(2)23(19,20)17-7-3-4-12(9-17)15(18)11-5-6-13-14(8-11)22-10-21-13/h5-6,8,12H,3-4,7,9-10H2,1-2H3/t12-/m0/s1. The van der Waals surface area contributed by atoms with E-state index < -0.39 is 10.2 Å². The normalized spacial score (nSPS) is 21.6. The van der Waals surface area contributed by atoms with Gasteiger partial charge < -0.3 is 9.47 Å². The number of hydrogen-bond donors (Lipinski definition) is 0. The van der Waals surface area contributed by atoms with Gasteiger partial charge in [0.2, 0.25) is 6.79 Å². The molecular formula is C15H20N2O5S. The second kappa shape index (κ2) is 6.10. The Morgan fingerprint density at radius 2 is 2.00 bits per heavy atom. The molecule has 0 bridgehead atoms. The van der Waals surface area contributed by atoms with Crippen molar-refractivity contribution in [1.29, 1.82) is 0 Å². The van der Waals surface area contributed by atoms with Crippen LogP contribution in [-0.2, 0) is 10.2 Å². The maximum atomic E-state index is 12.7. The van der Waals surface area contributed by atoms with Gasteiger partial charge in [-0.25, -0.2) is 0 Å². The Kier molecular flexibility index (Phi) is 4.31. The number of carbonyl (C=O) groups is 1. The summed E-state index contributed by atoms with van der Waals surface area (Å²) >= 11 is 0. The molecule has 0 saturated carbocycles. The lowest BCUT2D eigenvalue weighted by Crippen LogP contribution is -2.46. The van der Waals surface area contributed by atoms with E-state index in [1.165, 1.54) is 22.7 Å². The third-order valence-electron chi connectivity index (χ3n) is 4.20. The minimum atomic E-state index is -3.49. The first-order valence-electron chi connectivity index (χ1n) is 7.51. The Balaban J connectivity index is 1.77. The molecule has 0 unspecified atom stereocenters. The van der Waals surface area contributed by atoms with Crippen molar-refractivity contribution in [1.82, 2.24) is 8.61 Å². The molecule has 1 aromatic rings. The van der Waals surface area contributed by atoms with Crippen LogP contribution in [0.3, 0.4) is 0 Å². The molecule has 2 aliphatic heterocycles. The van der Waals surface area contributed by atoms with Crippen LogP contribution >= 0.6 is 0 Å². The Bertz CT molecular complexity index is 717. The molecule has 8 heteroatoms. The molecule has 0 aliphatic carbocycles. The van der Waals surface area contributed by atoms with Crippen LogP contribution in [-0.4, -0.2) is 56.8 Å². The Labute approximate surface area is 136 Å². The molecule has 0 aromatic heterocycles. The van der Waals surface area contributed by atoms with E-state index in [4.69, 9.17) is 9.47 Å². The first kappa shape index (κ1) is 16.2. The van der Waals surface area contributed by atoms with Crippen LogP contribution in [0.25, 0.3) is 0 Å². The summed E-state index contributed by atoms with van der Waals surface area (Å²) in [6, 6.07) is 5.09. The molecule has 0 spiro atoms. The van der Waals surface area contributed by atoms with E-state index in [2.05, 4.69) is 0 Å². The fraction of sp³-hybridized carbons (Fsp3) is 0.533. The predicted octanol–water partition coefficient (Wildman–Crippen LogP) is 1.12. The van der Waals surface area contributed by atoms with Gasteiger partial charge in [-0.15, -0.1) is 0 Å². The van der Waals surface area contributed by atoms with Crippen LogP contribution in [0.2, 0.25) is 0 Å². The first-order chi connectivity index (χ1) is 10.9. The molecule has 1 fully saturated rings. The summed E-state index contributed by atoms with van der Waals surface area (Å²) in [5.41, 5.74) is 0.531. The van der Waals surface area contributed by atoms with E-state index in [0.717, 1.165) is 0 Å². The maximum Gasteiger partial charge on any atom is 0.281 e. The molecule has 1 atom stereocenters. The highest BCUT2D eigenvalue weighted by Gasteiger charge is 2.34. The second-order valence-electron chi connectivity index (χ2n) is 5.92. The van der Waals surface area contributed by atoms with Crippen molar-refractivity contribution in [2.24, 2.45) is 5.92 Å². The SMILES string of the molecule is CN(C)S(=O)(=O)N1CCC[C@H](C(=O)c2ccc3c(c2)OCO3)C1. The van der Waals surface area contributed by atoms with Crippen LogP contribution in [0.5, 0.6) is 11.5 Å². The number of Topliss-reactive ketones (excluding diaryl/α,β-unsaturated/α-hetero) is 1. The number of piperidine rings is 1. The fourth-order valence-corrected chi connectivity index (χ4v) is 4.07. The minimum absolute atomic E-state index is 0.0537. The van der Waals surface area contributed by atoms with Gasteiger partial charge in [-0.3, -0.25) is 4.79 Å². The number of hydrogen-bond acceptors (Lipinski definition) is 5. The molecule has 0 amide bonds. The van der Waals surface area contributed by atoms with Gasteiger partial charge in [-0.1, -0.05) is 0 Å². The monoisotopic (exact) mass is 340 g/mol. The van der Waals surface area contributed by atoms with E-state index in [1.54, 1.807) is 18.2 Å². The molecule has 7 nitrogen and oxygen atoms in total. The zero-order chi connectivity index (χ0) is 16.6. The van der Waals surface area contributed by atoms with E-state index in [-0.39, 0.29) is 25.0 Å². The van der Waals surface area contributed by atoms with Crippen molar-refractivity contribution < 1.29 is 22.7 Å². The van der Waals surface area contributed by atoms with Gasteiger partial charge in [-0.2, -0.15) is 17.0 Å². The number of nitrogens with zero attached hydrogens (tertiary/aromatic N) is 2. The van der Waals surface area contributed by atoms with Crippen molar-refractivity contribution in [2.45, 2.75) is 12.8 Å². The van der Waals surface area contributed by atoms with Gasteiger partial charge >= 0.3 is 0 Å². The molecule has 0 N–H and O–H groups in total. The lowest BCUT2D eigenvalue weighted by Gasteiger charge is -2.32. The largest absolute Gasteiger partial charge is 0.454 e. The van der Waals surface area contributed by atoms with Gasteiger partial charge in [-0.05, 0) is 31.0 Å². The van der Waals surface area contributed by atoms with Gasteiger partial charge in [0.05, 0.1) is 0 Å². The summed E-state index contributed by atoms with van der Waals surface area (Å²) in [6.45, 7) is 0.824. The summed E-state index contributed by atoms with van der Waals surface area (Å²) in [7, 11) is -0.491. The minimum Gasteiger partial charge on any atom is -0.454 e. The van der Waals surface area contributed by atoms with Crippen molar-refractivity contribution in [3.05, 3.63) is 23.8 Å². The summed E-state index contributed by atoms with van der Waals surface area (Å²) in [6.07, 6.45) is 1.36. The summed E-state index contributed by atoms with van der Waals surface area (Å²) in [5.74, 6) is 0.798. The number of carbonyl (C=O) groups excluding carboxylic acids is 1. The average molecular weight is 340 g/mol. The third-order valence-corrected chi connectivity index (χ3v) is 6.11. The first-order valence-corrected chi connectivity index (χ1v) is 8.91. The molecule has 0 radical (unpaired) electrons. The lowest BCUT2D eigenvalue weighted by atomic mass is 9.91. The second-order valence-corrected chi connectivity index (χ2v) is 8.06. The summed E-state index contributed by atoms with van der Waals surface area (Å²) in [5, 5.41) is 0. The number of benzene rings is 1. The highest BCUT2D eigenvalue weighted by molar-refractivity contribution is 7.86. The average Bonchev–Trinajstić information content (AvgIpc) is 3.01. The molecule has 1 saturated heterocycles. The maximum absolute atomic E-state index is 12.7. The molecule has 3 rings (SSSR count). The van der Waals surface area contributed by atoms with Crippen molar-refractivity contribution in [3.63, 3.8) is 0 Å². The van der Waals surface area contributed by atoms with Crippen LogP contribution in [0, 0.1) is 5.92 Å². The number of ether oxygens (including phenoxy) is 2. The highest BCUT2D eigenvalue weighted by Crippen LogP contribution is 2.34. The van der Waals surface area contributed by atoms with Crippen LogP contribution < -0.4 is 9.47 Å². The van der Waals surface area contributed by atoms with Gasteiger partial charge in [0.15, 0.2) is 17.3 Å². The van der Waals surface area contributed by atoms with E-state index in [9.17, 15) is 13.2 Å². The highest BCUT2D eigenvalue weighted by atomic mass is 32.2. The van der Waals surface area contributed by atoms with Gasteiger partial charge in [0, 0.05) is 38.7 Å². The molecule has 1 aromatic carbocycles. The van der Waals surface area contributed by atoms with Crippen molar-refractivity contribution >= 4 is 16.0 Å². The fourth-order valence-electron chi connectivity index (χ4n) is 2.88. The number of rotatable bonds is 4. The lowest BCUT2D eigenvalue weighted by molar-refractivity contribution is 0.0870. The molecule has 2 heterocycles. The topological polar surface area (TPSA) is 76.2 Å². The predicted molar refractivity (Wildman–Crippen MR) is 83.8 cm³/mol.